The quantitative estimate of drug-likeness (QED) is 0.769. The zero-order valence-electron chi connectivity index (χ0n) is 12.8. The van der Waals surface area contributed by atoms with Crippen molar-refractivity contribution in [2.24, 2.45) is 0 Å². The standard InChI is InChI=1S/C18H22BrNO/c1-4-21-18-11-7-16(8-12-18)14(3)20-13(2)15-5-9-17(19)10-6-15/h5-14,20H,4H2,1-3H3/t13-,14?/m1/s1. The van der Waals surface area contributed by atoms with E-state index < -0.39 is 0 Å². The second kappa shape index (κ2) is 7.62. The highest BCUT2D eigenvalue weighted by atomic mass is 79.9. The van der Waals surface area contributed by atoms with Crippen LogP contribution >= 0.6 is 15.9 Å². The molecule has 0 amide bonds. The van der Waals surface area contributed by atoms with Gasteiger partial charge in [0.25, 0.3) is 0 Å². The zero-order chi connectivity index (χ0) is 15.2. The van der Waals surface area contributed by atoms with Crippen LogP contribution < -0.4 is 10.1 Å². The summed E-state index contributed by atoms with van der Waals surface area (Å²) in [6.07, 6.45) is 0. The summed E-state index contributed by atoms with van der Waals surface area (Å²) in [7, 11) is 0. The molecule has 112 valence electrons. The van der Waals surface area contributed by atoms with Crippen LogP contribution in [-0.2, 0) is 0 Å². The predicted molar refractivity (Wildman–Crippen MR) is 91.7 cm³/mol. The van der Waals surface area contributed by atoms with Gasteiger partial charge in [-0.15, -0.1) is 0 Å². The van der Waals surface area contributed by atoms with Gasteiger partial charge in [-0.2, -0.15) is 0 Å². The van der Waals surface area contributed by atoms with Gasteiger partial charge in [0.05, 0.1) is 6.61 Å². The van der Waals surface area contributed by atoms with E-state index in [0.717, 1.165) is 10.2 Å². The van der Waals surface area contributed by atoms with E-state index in [0.29, 0.717) is 18.7 Å². The smallest absolute Gasteiger partial charge is 0.119 e. The first-order valence-electron chi connectivity index (χ1n) is 7.34. The van der Waals surface area contributed by atoms with Gasteiger partial charge in [-0.05, 0) is 56.2 Å². The third-order valence-electron chi connectivity index (χ3n) is 3.56. The highest BCUT2D eigenvalue weighted by molar-refractivity contribution is 9.10. The summed E-state index contributed by atoms with van der Waals surface area (Å²) in [5, 5.41) is 3.63. The van der Waals surface area contributed by atoms with Crippen LogP contribution in [0.1, 0.15) is 44.0 Å². The number of hydrogen-bond acceptors (Lipinski definition) is 2. The average molecular weight is 348 g/mol. The van der Waals surface area contributed by atoms with Gasteiger partial charge >= 0.3 is 0 Å². The summed E-state index contributed by atoms with van der Waals surface area (Å²) in [5.41, 5.74) is 2.55. The minimum atomic E-state index is 0.291. The zero-order valence-corrected chi connectivity index (χ0v) is 14.4. The minimum absolute atomic E-state index is 0.291. The van der Waals surface area contributed by atoms with E-state index in [-0.39, 0.29) is 0 Å². The van der Waals surface area contributed by atoms with Gasteiger partial charge in [0, 0.05) is 16.6 Å². The first-order chi connectivity index (χ1) is 10.1. The van der Waals surface area contributed by atoms with Crippen LogP contribution in [0.15, 0.2) is 53.0 Å². The van der Waals surface area contributed by atoms with Gasteiger partial charge in [-0.1, -0.05) is 40.2 Å². The van der Waals surface area contributed by atoms with E-state index in [1.807, 2.05) is 19.1 Å². The van der Waals surface area contributed by atoms with Crippen molar-refractivity contribution >= 4 is 15.9 Å². The van der Waals surface area contributed by atoms with Crippen LogP contribution in [0.4, 0.5) is 0 Å². The lowest BCUT2D eigenvalue weighted by molar-refractivity contribution is 0.340. The highest BCUT2D eigenvalue weighted by Gasteiger charge is 2.11. The summed E-state index contributed by atoms with van der Waals surface area (Å²) >= 11 is 3.47. The van der Waals surface area contributed by atoms with Crippen LogP contribution in [0.2, 0.25) is 0 Å². The number of ether oxygens (including phenoxy) is 1. The summed E-state index contributed by atoms with van der Waals surface area (Å²) < 4.78 is 6.59. The van der Waals surface area contributed by atoms with E-state index in [9.17, 15) is 0 Å². The lowest BCUT2D eigenvalue weighted by Gasteiger charge is -2.21. The van der Waals surface area contributed by atoms with E-state index in [1.165, 1.54) is 11.1 Å². The summed E-state index contributed by atoms with van der Waals surface area (Å²) in [6.45, 7) is 7.07. The molecule has 0 aliphatic heterocycles. The maximum absolute atomic E-state index is 5.48. The van der Waals surface area contributed by atoms with Crippen molar-refractivity contribution in [3.8, 4) is 5.75 Å². The van der Waals surface area contributed by atoms with Crippen LogP contribution in [0.3, 0.4) is 0 Å². The Kier molecular flexibility index (Phi) is 5.83. The Morgan fingerprint density at radius 1 is 0.905 bits per heavy atom. The van der Waals surface area contributed by atoms with Gasteiger partial charge in [0.1, 0.15) is 5.75 Å². The van der Waals surface area contributed by atoms with Gasteiger partial charge in [-0.3, -0.25) is 0 Å². The monoisotopic (exact) mass is 347 g/mol. The lowest BCUT2D eigenvalue weighted by atomic mass is 10.0. The minimum Gasteiger partial charge on any atom is -0.494 e. The van der Waals surface area contributed by atoms with E-state index in [2.05, 4.69) is 71.5 Å². The van der Waals surface area contributed by atoms with Crippen LogP contribution in [0.25, 0.3) is 0 Å². The Morgan fingerprint density at radius 3 is 1.86 bits per heavy atom. The first-order valence-corrected chi connectivity index (χ1v) is 8.13. The molecular weight excluding hydrogens is 326 g/mol. The predicted octanol–water partition coefficient (Wildman–Crippen LogP) is 5.26. The van der Waals surface area contributed by atoms with E-state index >= 15 is 0 Å². The Hall–Kier alpha value is -1.32. The molecule has 0 aliphatic rings. The Labute approximate surface area is 135 Å². The molecule has 3 heteroatoms. The Morgan fingerprint density at radius 2 is 1.38 bits per heavy atom. The molecule has 0 bridgehead atoms. The molecule has 0 spiro atoms. The van der Waals surface area contributed by atoms with Crippen molar-refractivity contribution in [1.29, 1.82) is 0 Å². The number of benzene rings is 2. The van der Waals surface area contributed by atoms with Gasteiger partial charge in [0.2, 0.25) is 0 Å². The molecule has 1 N–H and O–H groups in total. The molecule has 2 aromatic rings. The van der Waals surface area contributed by atoms with Gasteiger partial charge in [0.15, 0.2) is 0 Å². The van der Waals surface area contributed by atoms with Gasteiger partial charge < -0.3 is 10.1 Å². The molecule has 0 saturated heterocycles. The molecule has 2 atom stereocenters. The molecule has 0 aliphatic carbocycles. The molecule has 0 aromatic heterocycles. The first kappa shape index (κ1) is 16.1. The van der Waals surface area contributed by atoms with Crippen molar-refractivity contribution in [3.05, 3.63) is 64.1 Å². The van der Waals surface area contributed by atoms with Crippen LogP contribution in [-0.4, -0.2) is 6.61 Å². The molecule has 2 rings (SSSR count). The second-order valence-corrected chi connectivity index (χ2v) is 6.08. The van der Waals surface area contributed by atoms with Crippen molar-refractivity contribution in [3.63, 3.8) is 0 Å². The third kappa shape index (κ3) is 4.58. The molecule has 0 radical (unpaired) electrons. The molecule has 0 saturated carbocycles. The van der Waals surface area contributed by atoms with E-state index in [4.69, 9.17) is 4.74 Å². The Bertz CT molecular complexity index is 550. The van der Waals surface area contributed by atoms with Crippen molar-refractivity contribution in [1.82, 2.24) is 5.32 Å². The SMILES string of the molecule is CCOc1ccc(C(C)N[C@H](C)c2ccc(Br)cc2)cc1. The maximum Gasteiger partial charge on any atom is 0.119 e. The number of nitrogens with one attached hydrogen (secondary N) is 1. The molecule has 2 aromatic carbocycles. The normalized spacial score (nSPS) is 13.7. The Balaban J connectivity index is 1.99. The molecule has 21 heavy (non-hydrogen) atoms. The molecule has 0 fully saturated rings. The summed E-state index contributed by atoms with van der Waals surface area (Å²) in [6, 6.07) is 17.3. The molecule has 0 heterocycles. The van der Waals surface area contributed by atoms with Crippen LogP contribution in [0.5, 0.6) is 5.75 Å². The molecule has 2 nitrogen and oxygen atoms in total. The van der Waals surface area contributed by atoms with Crippen molar-refractivity contribution < 1.29 is 4.74 Å². The highest BCUT2D eigenvalue weighted by Crippen LogP contribution is 2.22. The number of rotatable bonds is 6. The van der Waals surface area contributed by atoms with Crippen molar-refractivity contribution in [2.45, 2.75) is 32.9 Å². The maximum atomic E-state index is 5.48. The third-order valence-corrected chi connectivity index (χ3v) is 4.09. The topological polar surface area (TPSA) is 21.3 Å². The molecular formula is C18H22BrNO. The van der Waals surface area contributed by atoms with Gasteiger partial charge in [-0.25, -0.2) is 0 Å². The summed E-state index contributed by atoms with van der Waals surface area (Å²) in [5.74, 6) is 0.925. The number of hydrogen-bond donors (Lipinski definition) is 1. The fourth-order valence-corrected chi connectivity index (χ4v) is 2.60. The second-order valence-electron chi connectivity index (χ2n) is 5.16. The fourth-order valence-electron chi connectivity index (χ4n) is 2.34. The largest absolute Gasteiger partial charge is 0.494 e. The summed E-state index contributed by atoms with van der Waals surface area (Å²) in [4.78, 5) is 0. The lowest BCUT2D eigenvalue weighted by Crippen LogP contribution is -2.22. The number of halogens is 1. The van der Waals surface area contributed by atoms with E-state index in [1.54, 1.807) is 0 Å². The average Bonchev–Trinajstić information content (AvgIpc) is 2.49. The van der Waals surface area contributed by atoms with Crippen molar-refractivity contribution in [2.75, 3.05) is 6.61 Å². The fraction of sp³-hybridized carbons (Fsp3) is 0.333. The molecule has 1 unspecified atom stereocenters. The van der Waals surface area contributed by atoms with Crippen LogP contribution in [0, 0.1) is 0 Å².